The summed E-state index contributed by atoms with van der Waals surface area (Å²) in [5.41, 5.74) is 1.80. The molecule has 0 N–H and O–H groups in total. The van der Waals surface area contributed by atoms with Gasteiger partial charge in [-0.05, 0) is 0 Å². The maximum Gasteiger partial charge on any atom is 0.218 e. The highest BCUT2D eigenvalue weighted by molar-refractivity contribution is 7.13. The van der Waals surface area contributed by atoms with Crippen molar-refractivity contribution < 1.29 is 0 Å². The van der Waals surface area contributed by atoms with E-state index in [1.165, 1.54) is 0 Å². The Morgan fingerprint density at radius 3 is 0.882 bits per heavy atom. The van der Waals surface area contributed by atoms with Crippen molar-refractivity contribution in [2.75, 3.05) is 0 Å². The van der Waals surface area contributed by atoms with E-state index in [2.05, 4.69) is 44.7 Å². The maximum atomic E-state index is 11.6. The van der Waals surface area contributed by atoms with Crippen LogP contribution in [0.3, 0.4) is 0 Å². The fraction of sp³-hybridized carbons (Fsp3) is 0. The van der Waals surface area contributed by atoms with Gasteiger partial charge in [0.05, 0.1) is 22.3 Å². The molecule has 0 spiro atoms. The van der Waals surface area contributed by atoms with E-state index in [0.29, 0.717) is 22.3 Å². The molecule has 0 amide bonds. The Kier molecular flexibility index (Phi) is 10.8. The van der Waals surface area contributed by atoms with Crippen LogP contribution in [-0.4, -0.2) is 50.3 Å². The quantitative estimate of drug-likeness (QED) is 0.129. The van der Waals surface area contributed by atoms with Crippen molar-refractivity contribution in [3.63, 3.8) is 0 Å². The standard InChI is InChI=1S/C50H20N16S2/c51-21-31-37-38(39(33(23-53)49-65-63-35(25-55)67-49)41(31)47-59-43(27-13-5-1-6-14-27)57-44(60-47)28-15-7-2-8-16-28)32(22-52)42(40(37)34(24-54)50-66-64-36(26-56)68-50)48-61-45(29-17-9-3-10-18-29)58-46(62-48)30-19-11-4-12-20-30/h1-20H/b39-33+,40-34+. The molecule has 0 saturated heterocycles. The van der Waals surface area contributed by atoms with Crippen LogP contribution in [0.15, 0.2) is 155 Å². The second-order valence-electron chi connectivity index (χ2n) is 14.3. The van der Waals surface area contributed by atoms with Crippen LogP contribution in [0.5, 0.6) is 0 Å². The van der Waals surface area contributed by atoms with E-state index in [0.717, 1.165) is 22.7 Å². The van der Waals surface area contributed by atoms with Gasteiger partial charge in [0.2, 0.25) is 10.0 Å². The molecular weight excluding hydrogens is 889 g/mol. The van der Waals surface area contributed by atoms with Crippen LogP contribution in [0.4, 0.5) is 0 Å². The van der Waals surface area contributed by atoms with Crippen LogP contribution in [0, 0.1) is 68.0 Å². The summed E-state index contributed by atoms with van der Waals surface area (Å²) in [5.74, 6) is 0.774. The number of allylic oxidation sites excluding steroid dienone is 10. The predicted octanol–water partition coefficient (Wildman–Crippen LogP) is 8.70. The van der Waals surface area contributed by atoms with E-state index in [1.807, 2.05) is 133 Å². The first-order valence-electron chi connectivity index (χ1n) is 20.0. The Balaban J connectivity index is 1.36. The van der Waals surface area contributed by atoms with Gasteiger partial charge in [-0.2, -0.15) is 31.6 Å². The Bertz CT molecular complexity index is 3480. The van der Waals surface area contributed by atoms with Crippen molar-refractivity contribution in [1.29, 1.82) is 31.6 Å². The lowest BCUT2D eigenvalue weighted by molar-refractivity contribution is 1.03. The van der Waals surface area contributed by atoms with Gasteiger partial charge in [0.25, 0.3) is 0 Å². The van der Waals surface area contributed by atoms with Crippen LogP contribution >= 0.6 is 22.7 Å². The molecule has 68 heavy (non-hydrogen) atoms. The first-order chi connectivity index (χ1) is 33.5. The number of aromatic nitrogens is 10. The van der Waals surface area contributed by atoms with Gasteiger partial charge >= 0.3 is 0 Å². The summed E-state index contributed by atoms with van der Waals surface area (Å²) in [7, 11) is 0. The normalized spacial score (nSPS) is 14.3. The third-order valence-corrected chi connectivity index (χ3v) is 12.2. The molecule has 0 bridgehead atoms. The molecule has 0 unspecified atom stereocenters. The molecule has 10 rings (SSSR count). The molecule has 0 radical (unpaired) electrons. The summed E-state index contributed by atoms with van der Waals surface area (Å²) < 4.78 is 0. The second-order valence-corrected chi connectivity index (χ2v) is 16.3. The number of nitriles is 6. The van der Waals surface area contributed by atoms with Crippen LogP contribution in [0.1, 0.15) is 31.7 Å². The molecule has 4 aromatic heterocycles. The van der Waals surface area contributed by atoms with Crippen LogP contribution < -0.4 is 0 Å². The first kappa shape index (κ1) is 41.7. The van der Waals surface area contributed by atoms with Crippen molar-refractivity contribution in [2.45, 2.75) is 0 Å². The zero-order valence-electron chi connectivity index (χ0n) is 34.5. The molecule has 0 atom stereocenters. The molecular formula is C50H20N16S2. The number of hydrogen-bond donors (Lipinski definition) is 0. The number of nitrogens with zero attached hydrogens (tertiary/aromatic N) is 16. The van der Waals surface area contributed by atoms with Gasteiger partial charge in [-0.1, -0.05) is 144 Å². The molecule has 4 aromatic carbocycles. The van der Waals surface area contributed by atoms with Gasteiger partial charge in [0, 0.05) is 55.7 Å². The summed E-state index contributed by atoms with van der Waals surface area (Å²) >= 11 is 1.65. The summed E-state index contributed by atoms with van der Waals surface area (Å²) in [5, 5.41) is 81.6. The minimum absolute atomic E-state index is 0.00156. The number of hydrogen-bond acceptors (Lipinski definition) is 18. The molecule has 2 aliphatic rings. The van der Waals surface area contributed by atoms with Gasteiger partial charge in [0.15, 0.2) is 45.0 Å². The SMILES string of the molecule is N#CC1=C(c2nc(-c3ccccc3)nc(-c3ccccc3)n2)/C(=C(\C#N)c2nnc(C#N)s2)C2=C1/C(=C(/C#N)c1nnc(C#N)s1)C(c1nc(-c3ccccc3)nc(-c3ccccc3)n1)=C2C#N. The van der Waals surface area contributed by atoms with Gasteiger partial charge < -0.3 is 0 Å². The van der Waals surface area contributed by atoms with E-state index < -0.39 is 0 Å². The minimum atomic E-state index is -0.181. The Hall–Kier alpha value is -10.3. The van der Waals surface area contributed by atoms with Gasteiger partial charge in [0.1, 0.15) is 36.4 Å². The minimum Gasteiger partial charge on any atom is -0.208 e. The highest BCUT2D eigenvalue weighted by Crippen LogP contribution is 2.58. The average molecular weight is 909 g/mol. The first-order valence-corrected chi connectivity index (χ1v) is 21.7. The molecule has 8 aromatic rings. The number of benzene rings is 4. The predicted molar refractivity (Wildman–Crippen MR) is 248 cm³/mol. The fourth-order valence-electron chi connectivity index (χ4n) is 7.67. The van der Waals surface area contributed by atoms with Crippen molar-refractivity contribution >= 4 is 45.0 Å². The van der Waals surface area contributed by atoms with Gasteiger partial charge in [-0.25, -0.2) is 29.9 Å². The van der Waals surface area contributed by atoms with Crippen LogP contribution in [0.2, 0.25) is 0 Å². The third kappa shape index (κ3) is 7.23. The lowest BCUT2D eigenvalue weighted by Crippen LogP contribution is -2.09. The van der Waals surface area contributed by atoms with Gasteiger partial charge in [-0.3, -0.25) is 0 Å². The Labute approximate surface area is 393 Å². The molecule has 312 valence electrons. The topological polar surface area (TPSA) is 272 Å². The molecule has 0 fully saturated rings. The summed E-state index contributed by atoms with van der Waals surface area (Å²) in [4.78, 5) is 29.4. The lowest BCUT2D eigenvalue weighted by Gasteiger charge is -2.16. The summed E-state index contributed by atoms with van der Waals surface area (Å²) in [6, 6.07) is 49.4. The monoisotopic (exact) mass is 908 g/mol. The fourth-order valence-corrected chi connectivity index (χ4v) is 8.96. The summed E-state index contributed by atoms with van der Waals surface area (Å²) in [6.45, 7) is 0. The number of rotatable bonds is 8. The largest absolute Gasteiger partial charge is 0.218 e. The Morgan fingerprint density at radius 1 is 0.338 bits per heavy atom. The Morgan fingerprint density at radius 2 is 0.632 bits per heavy atom. The average Bonchev–Trinajstić information content (AvgIpc) is 4.22. The highest BCUT2D eigenvalue weighted by atomic mass is 32.1. The highest BCUT2D eigenvalue weighted by Gasteiger charge is 2.47. The molecule has 16 nitrogen and oxygen atoms in total. The van der Waals surface area contributed by atoms with Gasteiger partial charge in [-0.15, -0.1) is 20.4 Å². The third-order valence-electron chi connectivity index (χ3n) is 10.5. The van der Waals surface area contributed by atoms with Crippen molar-refractivity contribution in [2.24, 2.45) is 0 Å². The van der Waals surface area contributed by atoms with E-state index in [4.69, 9.17) is 29.9 Å². The van der Waals surface area contributed by atoms with E-state index in [9.17, 15) is 31.6 Å². The van der Waals surface area contributed by atoms with E-state index >= 15 is 0 Å². The van der Waals surface area contributed by atoms with Crippen LogP contribution in [0.25, 0.3) is 67.8 Å². The summed E-state index contributed by atoms with van der Waals surface area (Å²) in [6.07, 6.45) is 0. The lowest BCUT2D eigenvalue weighted by atomic mass is 9.89. The van der Waals surface area contributed by atoms with Crippen molar-refractivity contribution in [3.8, 4) is 82.0 Å². The van der Waals surface area contributed by atoms with Crippen molar-refractivity contribution in [3.05, 3.63) is 186 Å². The maximum absolute atomic E-state index is 11.6. The molecule has 0 saturated carbocycles. The van der Waals surface area contributed by atoms with Crippen molar-refractivity contribution in [1.82, 2.24) is 50.3 Å². The zero-order chi connectivity index (χ0) is 46.7. The molecule has 2 aliphatic carbocycles. The van der Waals surface area contributed by atoms with E-state index in [1.54, 1.807) is 0 Å². The smallest absolute Gasteiger partial charge is 0.208 e. The molecule has 18 heteroatoms. The zero-order valence-corrected chi connectivity index (χ0v) is 36.2. The molecule has 4 heterocycles. The molecule has 0 aliphatic heterocycles. The second kappa shape index (κ2) is 17.7. The van der Waals surface area contributed by atoms with Crippen LogP contribution in [-0.2, 0) is 0 Å². The van der Waals surface area contributed by atoms with E-state index in [-0.39, 0.29) is 111 Å².